The number of alkyl halides is 1. The SMILES string of the molecule is C=CC(Cl)C=C(C)C(=O)O. The van der Waals surface area contributed by atoms with Crippen LogP contribution < -0.4 is 0 Å². The van der Waals surface area contributed by atoms with Gasteiger partial charge in [0.25, 0.3) is 0 Å². The molecule has 0 fully saturated rings. The van der Waals surface area contributed by atoms with E-state index >= 15 is 0 Å². The highest BCUT2D eigenvalue weighted by Crippen LogP contribution is 2.03. The Labute approximate surface area is 64.8 Å². The lowest BCUT2D eigenvalue weighted by Gasteiger charge is -1.95. The third-order valence-electron chi connectivity index (χ3n) is 0.972. The van der Waals surface area contributed by atoms with Gasteiger partial charge in [-0.2, -0.15) is 0 Å². The Morgan fingerprint density at radius 2 is 2.30 bits per heavy atom. The number of carboxylic acids is 1. The van der Waals surface area contributed by atoms with Crippen LogP contribution in [0.3, 0.4) is 0 Å². The Hall–Kier alpha value is -0.760. The van der Waals surface area contributed by atoms with Crippen molar-refractivity contribution in [1.29, 1.82) is 0 Å². The molecule has 0 aromatic rings. The molecule has 0 aromatic carbocycles. The van der Waals surface area contributed by atoms with Crippen LogP contribution in [-0.2, 0) is 4.79 Å². The molecule has 0 radical (unpaired) electrons. The van der Waals surface area contributed by atoms with Crippen LogP contribution in [0.1, 0.15) is 6.92 Å². The molecule has 0 aliphatic heterocycles. The third-order valence-corrected chi connectivity index (χ3v) is 1.28. The number of rotatable bonds is 3. The first kappa shape index (κ1) is 9.24. The Balaban J connectivity index is 4.15. The number of hydrogen-bond donors (Lipinski definition) is 1. The molecule has 0 rings (SSSR count). The average molecular weight is 161 g/mol. The molecule has 0 bridgehead atoms. The van der Waals surface area contributed by atoms with Crippen molar-refractivity contribution in [2.75, 3.05) is 0 Å². The maximum absolute atomic E-state index is 10.2. The minimum Gasteiger partial charge on any atom is -0.478 e. The molecule has 3 heteroatoms. The number of allylic oxidation sites excluding steroid dienone is 2. The standard InChI is InChI=1S/C7H9ClO2/c1-3-6(8)4-5(2)7(9)10/h3-4,6H,1H2,2H3,(H,9,10). The third kappa shape index (κ3) is 3.30. The molecule has 0 saturated carbocycles. The summed E-state index contributed by atoms with van der Waals surface area (Å²) in [5.74, 6) is -0.951. The van der Waals surface area contributed by atoms with Crippen LogP contribution >= 0.6 is 11.6 Å². The van der Waals surface area contributed by atoms with Crippen molar-refractivity contribution in [3.05, 3.63) is 24.3 Å². The first-order chi connectivity index (χ1) is 4.57. The second kappa shape index (κ2) is 4.12. The van der Waals surface area contributed by atoms with Gasteiger partial charge in [-0.25, -0.2) is 4.79 Å². The zero-order chi connectivity index (χ0) is 8.15. The Kier molecular flexibility index (Phi) is 3.81. The first-order valence-corrected chi connectivity index (χ1v) is 3.20. The summed E-state index contributed by atoms with van der Waals surface area (Å²) in [4.78, 5) is 10.2. The maximum atomic E-state index is 10.2. The van der Waals surface area contributed by atoms with Gasteiger partial charge in [-0.3, -0.25) is 0 Å². The summed E-state index contributed by atoms with van der Waals surface area (Å²) in [7, 11) is 0. The average Bonchev–Trinajstić information content (AvgIpc) is 1.87. The molecule has 0 heterocycles. The van der Waals surface area contributed by atoms with Gasteiger partial charge in [-0.05, 0) is 6.92 Å². The monoisotopic (exact) mass is 160 g/mol. The summed E-state index contributed by atoms with van der Waals surface area (Å²) in [6.07, 6.45) is 2.89. The van der Waals surface area contributed by atoms with Crippen molar-refractivity contribution in [2.24, 2.45) is 0 Å². The lowest BCUT2D eigenvalue weighted by Crippen LogP contribution is -1.99. The van der Waals surface area contributed by atoms with Crippen molar-refractivity contribution < 1.29 is 9.90 Å². The Morgan fingerprint density at radius 1 is 1.80 bits per heavy atom. The van der Waals surface area contributed by atoms with E-state index in [0.29, 0.717) is 0 Å². The van der Waals surface area contributed by atoms with E-state index in [2.05, 4.69) is 6.58 Å². The highest BCUT2D eigenvalue weighted by molar-refractivity contribution is 6.23. The zero-order valence-corrected chi connectivity index (χ0v) is 6.43. The molecule has 0 saturated heterocycles. The molecule has 1 atom stereocenters. The van der Waals surface area contributed by atoms with E-state index in [1.807, 2.05) is 0 Å². The summed E-state index contributed by atoms with van der Waals surface area (Å²) in [5, 5.41) is 7.97. The van der Waals surface area contributed by atoms with Crippen LogP contribution in [0.15, 0.2) is 24.3 Å². The topological polar surface area (TPSA) is 37.3 Å². The van der Waals surface area contributed by atoms with E-state index in [-0.39, 0.29) is 5.57 Å². The molecule has 56 valence electrons. The molecule has 0 amide bonds. The normalized spacial score (nSPS) is 14.4. The van der Waals surface area contributed by atoms with Crippen molar-refractivity contribution in [3.63, 3.8) is 0 Å². The summed E-state index contributed by atoms with van der Waals surface area (Å²) >= 11 is 5.55. The second-order valence-electron chi connectivity index (χ2n) is 1.83. The van der Waals surface area contributed by atoms with Gasteiger partial charge in [-0.1, -0.05) is 12.2 Å². The van der Waals surface area contributed by atoms with E-state index in [9.17, 15) is 4.79 Å². The van der Waals surface area contributed by atoms with E-state index in [4.69, 9.17) is 16.7 Å². The quantitative estimate of drug-likeness (QED) is 0.389. The number of hydrogen-bond acceptors (Lipinski definition) is 1. The van der Waals surface area contributed by atoms with Crippen molar-refractivity contribution >= 4 is 17.6 Å². The van der Waals surface area contributed by atoms with Crippen LogP contribution in [0.25, 0.3) is 0 Å². The van der Waals surface area contributed by atoms with Gasteiger partial charge in [-0.15, -0.1) is 18.2 Å². The van der Waals surface area contributed by atoms with Crippen molar-refractivity contribution in [2.45, 2.75) is 12.3 Å². The van der Waals surface area contributed by atoms with E-state index < -0.39 is 11.3 Å². The molecule has 2 nitrogen and oxygen atoms in total. The fourth-order valence-electron chi connectivity index (χ4n) is 0.378. The number of carboxylic acid groups (broad SMARTS) is 1. The fraction of sp³-hybridized carbons (Fsp3) is 0.286. The zero-order valence-electron chi connectivity index (χ0n) is 5.67. The molecule has 10 heavy (non-hydrogen) atoms. The maximum Gasteiger partial charge on any atom is 0.331 e. The summed E-state index contributed by atoms with van der Waals surface area (Å²) in [5.41, 5.74) is 0.236. The smallest absolute Gasteiger partial charge is 0.331 e. The Bertz CT molecular complexity index is 172. The minimum absolute atomic E-state index is 0.236. The van der Waals surface area contributed by atoms with Gasteiger partial charge in [0.2, 0.25) is 0 Å². The van der Waals surface area contributed by atoms with Crippen LogP contribution in [0.2, 0.25) is 0 Å². The van der Waals surface area contributed by atoms with Crippen molar-refractivity contribution in [1.82, 2.24) is 0 Å². The molecule has 1 unspecified atom stereocenters. The van der Waals surface area contributed by atoms with Gasteiger partial charge in [0.15, 0.2) is 0 Å². The van der Waals surface area contributed by atoms with Gasteiger partial charge in [0, 0.05) is 5.57 Å². The van der Waals surface area contributed by atoms with Gasteiger partial charge in [0.05, 0.1) is 5.38 Å². The number of aliphatic carboxylic acids is 1. The summed E-state index contributed by atoms with van der Waals surface area (Å²) in [6.45, 7) is 4.89. The molecule has 0 aromatic heterocycles. The van der Waals surface area contributed by atoms with Crippen LogP contribution in [-0.4, -0.2) is 16.5 Å². The molecule has 0 spiro atoms. The first-order valence-electron chi connectivity index (χ1n) is 2.76. The number of halogens is 1. The van der Waals surface area contributed by atoms with E-state index in [1.165, 1.54) is 19.1 Å². The summed E-state index contributed by atoms with van der Waals surface area (Å²) < 4.78 is 0. The second-order valence-corrected chi connectivity index (χ2v) is 2.34. The van der Waals surface area contributed by atoms with Gasteiger partial charge in [0.1, 0.15) is 0 Å². The van der Waals surface area contributed by atoms with Gasteiger partial charge >= 0.3 is 5.97 Å². The van der Waals surface area contributed by atoms with Gasteiger partial charge < -0.3 is 5.11 Å². The summed E-state index contributed by atoms with van der Waals surface area (Å²) in [6, 6.07) is 0. The fourth-order valence-corrected chi connectivity index (χ4v) is 0.567. The predicted molar refractivity (Wildman–Crippen MR) is 41.2 cm³/mol. The highest BCUT2D eigenvalue weighted by atomic mass is 35.5. The molecule has 0 aliphatic carbocycles. The van der Waals surface area contributed by atoms with E-state index in [1.54, 1.807) is 0 Å². The molecular formula is C7H9ClO2. The largest absolute Gasteiger partial charge is 0.478 e. The number of carbonyl (C=O) groups is 1. The predicted octanol–water partition coefficient (Wildman–Crippen LogP) is 1.81. The Morgan fingerprint density at radius 3 is 2.60 bits per heavy atom. The van der Waals surface area contributed by atoms with Crippen LogP contribution in [0, 0.1) is 0 Å². The highest BCUT2D eigenvalue weighted by Gasteiger charge is 2.01. The van der Waals surface area contributed by atoms with Crippen molar-refractivity contribution in [3.8, 4) is 0 Å². The molecule has 0 aliphatic rings. The van der Waals surface area contributed by atoms with Crippen LogP contribution in [0.4, 0.5) is 0 Å². The lowest BCUT2D eigenvalue weighted by atomic mass is 10.2. The minimum atomic E-state index is -0.951. The van der Waals surface area contributed by atoms with Crippen LogP contribution in [0.5, 0.6) is 0 Å². The lowest BCUT2D eigenvalue weighted by molar-refractivity contribution is -0.132. The van der Waals surface area contributed by atoms with E-state index in [0.717, 1.165) is 0 Å². The molecular weight excluding hydrogens is 152 g/mol. The molecule has 1 N–H and O–H groups in total.